The summed E-state index contributed by atoms with van der Waals surface area (Å²) in [5.41, 5.74) is 1.16. The van der Waals surface area contributed by atoms with E-state index in [0.29, 0.717) is 11.4 Å². The van der Waals surface area contributed by atoms with Gasteiger partial charge in [0, 0.05) is 17.4 Å². The first kappa shape index (κ1) is 14.1. The SMILES string of the molecule is O=C(CNc1ccc2c(c1)OC(F)(F)O2)Nc1ccccc1. The zero-order valence-corrected chi connectivity index (χ0v) is 11.3. The molecule has 114 valence electrons. The number of carbonyl (C=O) groups excluding carboxylic acids is 1. The number of fused-ring (bicyclic) bond motifs is 1. The summed E-state index contributed by atoms with van der Waals surface area (Å²) < 4.78 is 34.4. The number of rotatable bonds is 4. The zero-order valence-electron chi connectivity index (χ0n) is 11.3. The monoisotopic (exact) mass is 306 g/mol. The number of halogens is 2. The number of ether oxygens (including phenoxy) is 2. The Kier molecular flexibility index (Phi) is 3.54. The van der Waals surface area contributed by atoms with Crippen LogP contribution in [0.4, 0.5) is 20.2 Å². The molecule has 0 radical (unpaired) electrons. The molecule has 0 saturated heterocycles. The smallest absolute Gasteiger partial charge is 0.395 e. The minimum absolute atomic E-state index is 0.00900. The fourth-order valence-corrected chi connectivity index (χ4v) is 1.97. The van der Waals surface area contributed by atoms with Crippen LogP contribution < -0.4 is 20.1 Å². The van der Waals surface area contributed by atoms with Gasteiger partial charge >= 0.3 is 6.29 Å². The van der Waals surface area contributed by atoms with Crippen LogP contribution in [0.5, 0.6) is 11.5 Å². The minimum Gasteiger partial charge on any atom is -0.395 e. The summed E-state index contributed by atoms with van der Waals surface area (Å²) in [5.74, 6) is -0.364. The van der Waals surface area contributed by atoms with Crippen molar-refractivity contribution in [2.45, 2.75) is 6.29 Å². The Bertz CT molecular complexity index is 692. The summed E-state index contributed by atoms with van der Waals surface area (Å²) in [6, 6.07) is 13.2. The lowest BCUT2D eigenvalue weighted by molar-refractivity contribution is -0.286. The van der Waals surface area contributed by atoms with Crippen LogP contribution in [-0.4, -0.2) is 18.7 Å². The molecule has 1 aliphatic heterocycles. The molecule has 0 saturated carbocycles. The Morgan fingerprint density at radius 1 is 1.00 bits per heavy atom. The molecule has 0 fully saturated rings. The van der Waals surface area contributed by atoms with Crippen molar-refractivity contribution < 1.29 is 23.0 Å². The Morgan fingerprint density at radius 3 is 2.50 bits per heavy atom. The van der Waals surface area contributed by atoms with Crippen LogP contribution >= 0.6 is 0 Å². The van der Waals surface area contributed by atoms with Crippen molar-refractivity contribution in [2.24, 2.45) is 0 Å². The van der Waals surface area contributed by atoms with Crippen LogP contribution in [0, 0.1) is 0 Å². The lowest BCUT2D eigenvalue weighted by Gasteiger charge is -2.08. The molecule has 1 aliphatic rings. The summed E-state index contributed by atoms with van der Waals surface area (Å²) in [7, 11) is 0. The van der Waals surface area contributed by atoms with E-state index in [-0.39, 0.29) is 24.0 Å². The number of para-hydroxylation sites is 1. The van der Waals surface area contributed by atoms with Crippen molar-refractivity contribution in [1.82, 2.24) is 0 Å². The molecule has 0 atom stereocenters. The lowest BCUT2D eigenvalue weighted by Crippen LogP contribution is -2.25. The van der Waals surface area contributed by atoms with Gasteiger partial charge in [-0.3, -0.25) is 4.79 Å². The average Bonchev–Trinajstić information content (AvgIpc) is 2.79. The number of hydrogen-bond acceptors (Lipinski definition) is 4. The summed E-state index contributed by atoms with van der Waals surface area (Å²) in [5, 5.41) is 5.53. The third kappa shape index (κ3) is 3.25. The first-order valence-corrected chi connectivity index (χ1v) is 6.50. The van der Waals surface area contributed by atoms with Gasteiger partial charge < -0.3 is 20.1 Å². The largest absolute Gasteiger partial charge is 0.586 e. The minimum atomic E-state index is -3.65. The molecule has 0 aliphatic carbocycles. The van der Waals surface area contributed by atoms with Gasteiger partial charge in [0.1, 0.15) is 0 Å². The summed E-state index contributed by atoms with van der Waals surface area (Å²) in [4.78, 5) is 11.8. The van der Waals surface area contributed by atoms with E-state index in [1.54, 1.807) is 24.3 Å². The zero-order chi connectivity index (χ0) is 15.6. The molecule has 1 heterocycles. The highest BCUT2D eigenvalue weighted by molar-refractivity contribution is 5.93. The number of benzene rings is 2. The maximum Gasteiger partial charge on any atom is 0.586 e. The highest BCUT2D eigenvalue weighted by atomic mass is 19.3. The van der Waals surface area contributed by atoms with E-state index >= 15 is 0 Å². The molecule has 0 spiro atoms. The van der Waals surface area contributed by atoms with Gasteiger partial charge in [0.2, 0.25) is 5.91 Å². The highest BCUT2D eigenvalue weighted by Crippen LogP contribution is 2.42. The van der Waals surface area contributed by atoms with Crippen LogP contribution in [-0.2, 0) is 4.79 Å². The molecular weight excluding hydrogens is 294 g/mol. The van der Waals surface area contributed by atoms with Gasteiger partial charge in [-0.15, -0.1) is 8.78 Å². The first-order chi connectivity index (χ1) is 10.5. The lowest BCUT2D eigenvalue weighted by atomic mass is 10.2. The van der Waals surface area contributed by atoms with Crippen LogP contribution in [0.1, 0.15) is 0 Å². The molecule has 2 aromatic carbocycles. The number of carbonyl (C=O) groups is 1. The Labute approximate surface area is 124 Å². The second kappa shape index (κ2) is 5.51. The predicted octanol–water partition coefficient (Wildman–Crippen LogP) is 3.06. The molecule has 5 nitrogen and oxygen atoms in total. The van der Waals surface area contributed by atoms with Crippen molar-refractivity contribution >= 4 is 17.3 Å². The normalized spacial score (nSPS) is 14.5. The van der Waals surface area contributed by atoms with E-state index in [2.05, 4.69) is 20.1 Å². The second-order valence-corrected chi connectivity index (χ2v) is 4.60. The second-order valence-electron chi connectivity index (χ2n) is 4.60. The fraction of sp³-hybridized carbons (Fsp3) is 0.133. The quantitative estimate of drug-likeness (QED) is 0.911. The van der Waals surface area contributed by atoms with Gasteiger partial charge in [-0.1, -0.05) is 18.2 Å². The molecule has 2 N–H and O–H groups in total. The molecule has 0 aromatic heterocycles. The third-order valence-corrected chi connectivity index (χ3v) is 2.91. The third-order valence-electron chi connectivity index (χ3n) is 2.91. The standard InChI is InChI=1S/C15H12F2N2O3/c16-15(17)21-12-7-6-11(8-13(12)22-15)18-9-14(20)19-10-4-2-1-3-5-10/h1-8,18H,9H2,(H,19,20). The number of anilines is 2. The van der Waals surface area contributed by atoms with Crippen molar-refractivity contribution in [3.8, 4) is 11.5 Å². The average molecular weight is 306 g/mol. The summed E-state index contributed by atoms with van der Waals surface area (Å²) in [6.45, 7) is -0.00900. The van der Waals surface area contributed by atoms with Crippen LogP contribution in [0.3, 0.4) is 0 Å². The molecule has 0 unspecified atom stereocenters. The van der Waals surface area contributed by atoms with Crippen molar-refractivity contribution in [3.63, 3.8) is 0 Å². The van der Waals surface area contributed by atoms with Crippen molar-refractivity contribution in [1.29, 1.82) is 0 Å². The first-order valence-electron chi connectivity index (χ1n) is 6.50. The highest BCUT2D eigenvalue weighted by Gasteiger charge is 2.43. The summed E-state index contributed by atoms with van der Waals surface area (Å²) in [6.07, 6.45) is -3.65. The van der Waals surface area contributed by atoms with Gasteiger partial charge in [0.05, 0.1) is 6.54 Å². The summed E-state index contributed by atoms with van der Waals surface area (Å²) >= 11 is 0. The van der Waals surface area contributed by atoms with E-state index < -0.39 is 6.29 Å². The number of hydrogen-bond donors (Lipinski definition) is 2. The van der Waals surface area contributed by atoms with Gasteiger partial charge in [-0.2, -0.15) is 0 Å². The predicted molar refractivity (Wildman–Crippen MR) is 76.2 cm³/mol. The molecule has 2 aromatic rings. The van der Waals surface area contributed by atoms with Crippen LogP contribution in [0.15, 0.2) is 48.5 Å². The van der Waals surface area contributed by atoms with E-state index in [0.717, 1.165) is 0 Å². The van der Waals surface area contributed by atoms with E-state index in [1.807, 2.05) is 6.07 Å². The molecule has 3 rings (SSSR count). The Morgan fingerprint density at radius 2 is 1.73 bits per heavy atom. The Balaban J connectivity index is 1.58. The van der Waals surface area contributed by atoms with Crippen LogP contribution in [0.2, 0.25) is 0 Å². The maximum atomic E-state index is 12.9. The Hall–Kier alpha value is -2.83. The molecule has 22 heavy (non-hydrogen) atoms. The van der Waals surface area contributed by atoms with Gasteiger partial charge in [-0.05, 0) is 24.3 Å². The molecule has 7 heteroatoms. The van der Waals surface area contributed by atoms with Crippen molar-refractivity contribution in [3.05, 3.63) is 48.5 Å². The number of alkyl halides is 2. The molecular formula is C15H12F2N2O3. The van der Waals surface area contributed by atoms with E-state index in [4.69, 9.17) is 0 Å². The van der Waals surface area contributed by atoms with Gasteiger partial charge in [-0.25, -0.2) is 0 Å². The van der Waals surface area contributed by atoms with Crippen molar-refractivity contribution in [2.75, 3.05) is 17.2 Å². The molecule has 1 amide bonds. The number of amides is 1. The van der Waals surface area contributed by atoms with Crippen LogP contribution in [0.25, 0.3) is 0 Å². The van der Waals surface area contributed by atoms with Gasteiger partial charge in [0.25, 0.3) is 0 Å². The van der Waals surface area contributed by atoms with E-state index in [9.17, 15) is 13.6 Å². The van der Waals surface area contributed by atoms with E-state index in [1.165, 1.54) is 18.2 Å². The maximum absolute atomic E-state index is 12.9. The number of nitrogens with one attached hydrogen (secondary N) is 2. The molecule has 0 bridgehead atoms. The topological polar surface area (TPSA) is 59.6 Å². The van der Waals surface area contributed by atoms with Gasteiger partial charge in [0.15, 0.2) is 11.5 Å². The fourth-order valence-electron chi connectivity index (χ4n) is 1.97.